The second-order valence-corrected chi connectivity index (χ2v) is 7.45. The molecule has 1 saturated heterocycles. The van der Waals surface area contributed by atoms with Gasteiger partial charge in [-0.15, -0.1) is 0 Å². The number of hydrogen-bond acceptors (Lipinski definition) is 4. The molecule has 1 amide bonds. The zero-order chi connectivity index (χ0) is 19.5. The fourth-order valence-electron chi connectivity index (χ4n) is 3.09. The van der Waals surface area contributed by atoms with Gasteiger partial charge in [0, 0.05) is 28.6 Å². The molecule has 0 saturated carbocycles. The molecule has 0 bridgehead atoms. The van der Waals surface area contributed by atoms with Crippen LogP contribution in [0.15, 0.2) is 57.9 Å². The summed E-state index contributed by atoms with van der Waals surface area (Å²) in [6.07, 6.45) is 2.01. The van der Waals surface area contributed by atoms with Crippen molar-refractivity contribution in [3.05, 3.63) is 69.7 Å². The van der Waals surface area contributed by atoms with E-state index in [4.69, 9.17) is 32.4 Å². The summed E-state index contributed by atoms with van der Waals surface area (Å²) in [7, 11) is 0. The molecule has 2 heterocycles. The lowest BCUT2D eigenvalue weighted by atomic mass is 10.1. The summed E-state index contributed by atoms with van der Waals surface area (Å²) >= 11 is 12.0. The van der Waals surface area contributed by atoms with Crippen LogP contribution in [0.25, 0.3) is 11.0 Å². The second kappa shape index (κ2) is 8.35. The van der Waals surface area contributed by atoms with E-state index >= 15 is 0 Å². The first-order valence-corrected chi connectivity index (χ1v) is 9.77. The SMILES string of the molecule is O=C(NCC1CCCO1)c1cc2cc(Cl)ccc2oc1=Nc1ccc(Cl)cc1. The van der Waals surface area contributed by atoms with Gasteiger partial charge in [0.25, 0.3) is 5.91 Å². The Kier molecular flexibility index (Phi) is 5.67. The zero-order valence-electron chi connectivity index (χ0n) is 15.0. The molecule has 1 aromatic heterocycles. The van der Waals surface area contributed by atoms with Crippen LogP contribution in [0.4, 0.5) is 5.69 Å². The van der Waals surface area contributed by atoms with Crippen molar-refractivity contribution in [3.63, 3.8) is 0 Å². The highest BCUT2D eigenvalue weighted by molar-refractivity contribution is 6.31. The minimum absolute atomic E-state index is 0.0486. The van der Waals surface area contributed by atoms with Gasteiger partial charge in [0.15, 0.2) is 0 Å². The molecule has 1 unspecified atom stereocenters. The van der Waals surface area contributed by atoms with Gasteiger partial charge in [0.2, 0.25) is 5.55 Å². The largest absolute Gasteiger partial charge is 0.438 e. The van der Waals surface area contributed by atoms with Gasteiger partial charge in [0.05, 0.1) is 11.8 Å². The number of halogens is 2. The third kappa shape index (κ3) is 4.38. The molecule has 144 valence electrons. The number of amides is 1. The number of fused-ring (bicyclic) bond motifs is 1. The molecule has 1 aliphatic rings. The predicted molar refractivity (Wildman–Crippen MR) is 109 cm³/mol. The Bertz CT molecular complexity index is 1070. The molecule has 28 heavy (non-hydrogen) atoms. The van der Waals surface area contributed by atoms with Crippen molar-refractivity contribution in [2.45, 2.75) is 18.9 Å². The number of carbonyl (C=O) groups excluding carboxylic acids is 1. The molecule has 0 aliphatic carbocycles. The third-order valence-electron chi connectivity index (χ3n) is 4.52. The highest BCUT2D eigenvalue weighted by Crippen LogP contribution is 2.20. The van der Waals surface area contributed by atoms with E-state index in [9.17, 15) is 4.79 Å². The summed E-state index contributed by atoms with van der Waals surface area (Å²) < 4.78 is 11.5. The second-order valence-electron chi connectivity index (χ2n) is 6.58. The number of hydrogen-bond donors (Lipinski definition) is 1. The van der Waals surface area contributed by atoms with Crippen LogP contribution in [-0.2, 0) is 4.74 Å². The standard InChI is InChI=1S/C21H18Cl2N2O3/c22-14-3-6-16(7-4-14)25-21-18(20(26)24-12-17-2-1-9-27-17)11-13-10-15(23)5-8-19(13)28-21/h3-8,10-11,17H,1-2,9,12H2,(H,24,26). The average Bonchev–Trinajstić information content (AvgIpc) is 3.21. The summed E-state index contributed by atoms with van der Waals surface area (Å²) in [6.45, 7) is 1.19. The molecule has 0 radical (unpaired) electrons. The van der Waals surface area contributed by atoms with Gasteiger partial charge in [-0.05, 0) is 61.4 Å². The Morgan fingerprint density at radius 1 is 1.11 bits per heavy atom. The van der Waals surface area contributed by atoms with Crippen molar-refractivity contribution in [2.24, 2.45) is 4.99 Å². The van der Waals surface area contributed by atoms with Gasteiger partial charge in [-0.1, -0.05) is 23.2 Å². The van der Waals surface area contributed by atoms with Crippen LogP contribution in [-0.4, -0.2) is 25.2 Å². The van der Waals surface area contributed by atoms with E-state index in [1.165, 1.54) is 0 Å². The maximum absolute atomic E-state index is 12.9. The highest BCUT2D eigenvalue weighted by atomic mass is 35.5. The normalized spacial score (nSPS) is 17.2. The molecule has 3 aromatic rings. The van der Waals surface area contributed by atoms with Crippen LogP contribution in [0.5, 0.6) is 0 Å². The Hall–Kier alpha value is -2.34. The van der Waals surface area contributed by atoms with Crippen molar-refractivity contribution in [1.82, 2.24) is 5.32 Å². The van der Waals surface area contributed by atoms with E-state index in [1.807, 2.05) is 0 Å². The first-order chi connectivity index (χ1) is 13.6. The van der Waals surface area contributed by atoms with E-state index in [2.05, 4.69) is 10.3 Å². The van der Waals surface area contributed by atoms with Gasteiger partial charge in [-0.25, -0.2) is 4.99 Å². The molecule has 5 nitrogen and oxygen atoms in total. The van der Waals surface area contributed by atoms with Crippen molar-refractivity contribution in [1.29, 1.82) is 0 Å². The van der Waals surface area contributed by atoms with Crippen molar-refractivity contribution < 1.29 is 13.9 Å². The van der Waals surface area contributed by atoms with Crippen molar-refractivity contribution in [2.75, 3.05) is 13.2 Å². The first-order valence-electron chi connectivity index (χ1n) is 9.02. The van der Waals surface area contributed by atoms with Gasteiger partial charge >= 0.3 is 0 Å². The highest BCUT2D eigenvalue weighted by Gasteiger charge is 2.18. The van der Waals surface area contributed by atoms with Crippen LogP contribution in [0, 0.1) is 0 Å². The summed E-state index contributed by atoms with van der Waals surface area (Å²) in [5, 5.41) is 4.82. The fourth-order valence-corrected chi connectivity index (χ4v) is 3.39. The summed E-state index contributed by atoms with van der Waals surface area (Å²) in [6, 6.07) is 14.0. The summed E-state index contributed by atoms with van der Waals surface area (Å²) in [5.41, 5.74) is 1.78. The van der Waals surface area contributed by atoms with E-state index < -0.39 is 0 Å². The van der Waals surface area contributed by atoms with Gasteiger partial charge in [-0.2, -0.15) is 0 Å². The molecular formula is C21H18Cl2N2O3. The van der Waals surface area contributed by atoms with E-state index in [0.29, 0.717) is 33.4 Å². The van der Waals surface area contributed by atoms with Crippen LogP contribution >= 0.6 is 23.2 Å². The molecule has 1 aliphatic heterocycles. The van der Waals surface area contributed by atoms with Crippen LogP contribution < -0.4 is 10.9 Å². The van der Waals surface area contributed by atoms with Crippen LogP contribution in [0.3, 0.4) is 0 Å². The quantitative estimate of drug-likeness (QED) is 0.658. The molecule has 4 rings (SSSR count). The first kappa shape index (κ1) is 19.0. The molecule has 7 heteroatoms. The van der Waals surface area contributed by atoms with E-state index in [1.54, 1.807) is 48.5 Å². The third-order valence-corrected chi connectivity index (χ3v) is 5.01. The Labute approximate surface area is 171 Å². The lowest BCUT2D eigenvalue weighted by molar-refractivity contribution is 0.0854. The Morgan fingerprint density at radius 2 is 1.89 bits per heavy atom. The molecule has 1 atom stereocenters. The molecule has 1 N–H and O–H groups in total. The predicted octanol–water partition coefficient (Wildman–Crippen LogP) is 4.88. The van der Waals surface area contributed by atoms with Crippen LogP contribution in [0.1, 0.15) is 23.2 Å². The minimum atomic E-state index is -0.270. The fraction of sp³-hybridized carbons (Fsp3) is 0.238. The number of rotatable bonds is 4. The van der Waals surface area contributed by atoms with Crippen LogP contribution in [0.2, 0.25) is 10.0 Å². The maximum atomic E-state index is 12.9. The van der Waals surface area contributed by atoms with Crippen molar-refractivity contribution in [3.8, 4) is 0 Å². The zero-order valence-corrected chi connectivity index (χ0v) is 16.5. The van der Waals surface area contributed by atoms with Crippen molar-refractivity contribution >= 4 is 45.8 Å². The Balaban J connectivity index is 1.74. The smallest absolute Gasteiger partial charge is 0.256 e. The maximum Gasteiger partial charge on any atom is 0.256 e. The molecular weight excluding hydrogens is 399 g/mol. The van der Waals surface area contributed by atoms with E-state index in [0.717, 1.165) is 24.8 Å². The van der Waals surface area contributed by atoms with E-state index in [-0.39, 0.29) is 17.6 Å². The lowest BCUT2D eigenvalue weighted by Crippen LogP contribution is -2.34. The number of nitrogens with one attached hydrogen (secondary N) is 1. The number of carbonyl (C=O) groups is 1. The topological polar surface area (TPSA) is 63.8 Å². The van der Waals surface area contributed by atoms with Gasteiger partial charge in [-0.3, -0.25) is 4.79 Å². The number of benzene rings is 2. The molecule has 0 spiro atoms. The molecule has 2 aromatic carbocycles. The van der Waals surface area contributed by atoms with Gasteiger partial charge < -0.3 is 14.5 Å². The molecule has 1 fully saturated rings. The minimum Gasteiger partial charge on any atom is -0.438 e. The number of nitrogens with zero attached hydrogens (tertiary/aromatic N) is 1. The lowest BCUT2D eigenvalue weighted by Gasteiger charge is -2.11. The summed E-state index contributed by atoms with van der Waals surface area (Å²) in [5.74, 6) is -0.270. The van der Waals surface area contributed by atoms with Gasteiger partial charge in [0.1, 0.15) is 11.1 Å². The Morgan fingerprint density at radius 3 is 2.64 bits per heavy atom. The average molecular weight is 417 g/mol. The monoisotopic (exact) mass is 416 g/mol. The summed E-state index contributed by atoms with van der Waals surface area (Å²) in [4.78, 5) is 17.4. The number of ether oxygens (including phenoxy) is 1.